The second-order valence-electron chi connectivity index (χ2n) is 4.85. The fourth-order valence-electron chi connectivity index (χ4n) is 2.41. The third-order valence-electron chi connectivity index (χ3n) is 3.04. The molecule has 0 saturated carbocycles. The van der Waals surface area contributed by atoms with Gasteiger partial charge >= 0.3 is 0 Å². The van der Waals surface area contributed by atoms with Crippen molar-refractivity contribution in [2.24, 2.45) is 0 Å². The van der Waals surface area contributed by atoms with E-state index in [-0.39, 0.29) is 0 Å². The van der Waals surface area contributed by atoms with Crippen LogP contribution < -0.4 is 4.90 Å². The van der Waals surface area contributed by atoms with Gasteiger partial charge in [-0.15, -0.1) is 0 Å². The molecule has 17 heavy (non-hydrogen) atoms. The van der Waals surface area contributed by atoms with Crippen LogP contribution >= 0.6 is 15.9 Å². The van der Waals surface area contributed by atoms with E-state index in [1.54, 1.807) is 0 Å². The number of aromatic nitrogens is 2. The van der Waals surface area contributed by atoms with E-state index in [0.29, 0.717) is 6.04 Å². The Bertz CT molecular complexity index is 374. The molecule has 94 valence electrons. The van der Waals surface area contributed by atoms with Gasteiger partial charge in [0.05, 0.1) is 0 Å². The van der Waals surface area contributed by atoms with Crippen molar-refractivity contribution < 1.29 is 0 Å². The molecule has 1 aliphatic rings. The van der Waals surface area contributed by atoms with Crippen molar-refractivity contribution in [1.82, 2.24) is 14.9 Å². The number of anilines is 1. The Hall–Kier alpha value is -0.680. The summed E-state index contributed by atoms with van der Waals surface area (Å²) in [6.45, 7) is 4.12. The maximum Gasteiger partial charge on any atom is 0.133 e. The van der Waals surface area contributed by atoms with Crippen LogP contribution in [-0.4, -0.2) is 48.1 Å². The number of rotatable bonds is 3. The summed E-state index contributed by atoms with van der Waals surface area (Å²) in [6.07, 6.45) is 2.50. The predicted octanol–water partition coefficient (Wildman–Crippen LogP) is 2.08. The van der Waals surface area contributed by atoms with Gasteiger partial charge in [0.25, 0.3) is 0 Å². The van der Waals surface area contributed by atoms with Gasteiger partial charge in [0, 0.05) is 25.2 Å². The second-order valence-corrected chi connectivity index (χ2v) is 5.66. The maximum atomic E-state index is 4.54. The molecule has 1 aliphatic heterocycles. The van der Waals surface area contributed by atoms with Crippen molar-refractivity contribution in [1.29, 1.82) is 0 Å². The first kappa shape index (κ1) is 12.8. The maximum absolute atomic E-state index is 4.54. The molecule has 1 aromatic heterocycles. The first-order chi connectivity index (χ1) is 8.06. The highest BCUT2D eigenvalue weighted by atomic mass is 79.9. The first-order valence-corrected chi connectivity index (χ1v) is 6.78. The van der Waals surface area contributed by atoms with Crippen molar-refractivity contribution in [3.05, 3.63) is 16.5 Å². The monoisotopic (exact) mass is 298 g/mol. The molecule has 0 aromatic carbocycles. The topological polar surface area (TPSA) is 32.3 Å². The summed E-state index contributed by atoms with van der Waals surface area (Å²) in [6, 6.07) is 2.59. The highest BCUT2D eigenvalue weighted by Crippen LogP contribution is 2.25. The second kappa shape index (κ2) is 5.31. The number of halogens is 1. The Morgan fingerprint density at radius 1 is 1.47 bits per heavy atom. The molecule has 2 rings (SSSR count). The van der Waals surface area contributed by atoms with Gasteiger partial charge in [-0.05, 0) is 49.8 Å². The van der Waals surface area contributed by atoms with Gasteiger partial charge in [0.2, 0.25) is 0 Å². The van der Waals surface area contributed by atoms with Crippen molar-refractivity contribution in [3.8, 4) is 0 Å². The first-order valence-electron chi connectivity index (χ1n) is 5.99. The van der Waals surface area contributed by atoms with Gasteiger partial charge in [-0.3, -0.25) is 0 Å². The Balaban J connectivity index is 2.19. The largest absolute Gasteiger partial charge is 0.352 e. The van der Waals surface area contributed by atoms with E-state index in [4.69, 9.17) is 0 Å². The molecule has 4 nitrogen and oxygen atoms in total. The van der Waals surface area contributed by atoms with E-state index in [2.05, 4.69) is 49.8 Å². The molecular formula is C12H19BrN4. The van der Waals surface area contributed by atoms with Crippen LogP contribution in [0, 0.1) is 6.92 Å². The third kappa shape index (κ3) is 3.16. The van der Waals surface area contributed by atoms with Gasteiger partial charge in [0.1, 0.15) is 16.2 Å². The van der Waals surface area contributed by atoms with Crippen molar-refractivity contribution in [2.75, 3.05) is 32.1 Å². The number of nitrogens with zero attached hydrogens (tertiary/aromatic N) is 4. The van der Waals surface area contributed by atoms with Crippen LogP contribution in [0.15, 0.2) is 10.7 Å². The average molecular weight is 299 g/mol. The molecule has 0 aliphatic carbocycles. The van der Waals surface area contributed by atoms with Crippen LogP contribution in [0.2, 0.25) is 0 Å². The number of hydrogen-bond donors (Lipinski definition) is 0. The van der Waals surface area contributed by atoms with Gasteiger partial charge in [-0.2, -0.15) is 0 Å². The zero-order chi connectivity index (χ0) is 12.4. The lowest BCUT2D eigenvalue weighted by Crippen LogP contribution is -2.38. The highest BCUT2D eigenvalue weighted by Gasteiger charge is 2.26. The molecule has 0 amide bonds. The Labute approximate surface area is 111 Å². The van der Waals surface area contributed by atoms with E-state index >= 15 is 0 Å². The van der Waals surface area contributed by atoms with Crippen LogP contribution in [0.5, 0.6) is 0 Å². The molecule has 1 fully saturated rings. The molecule has 2 heterocycles. The van der Waals surface area contributed by atoms with Gasteiger partial charge in [-0.1, -0.05) is 0 Å². The lowest BCUT2D eigenvalue weighted by molar-refractivity contribution is 0.371. The normalized spacial score (nSPS) is 20.3. The summed E-state index contributed by atoms with van der Waals surface area (Å²) in [5.41, 5.74) is 0. The minimum atomic E-state index is 0.575. The molecule has 0 N–H and O–H groups in total. The van der Waals surface area contributed by atoms with E-state index in [1.807, 2.05) is 13.0 Å². The zero-order valence-electron chi connectivity index (χ0n) is 10.6. The molecule has 0 spiro atoms. The van der Waals surface area contributed by atoms with Gasteiger partial charge in [-0.25, -0.2) is 9.97 Å². The van der Waals surface area contributed by atoms with Crippen LogP contribution in [0.4, 0.5) is 5.82 Å². The van der Waals surface area contributed by atoms with Crippen LogP contribution in [0.1, 0.15) is 18.7 Å². The summed E-state index contributed by atoms with van der Waals surface area (Å²) in [4.78, 5) is 13.4. The predicted molar refractivity (Wildman–Crippen MR) is 73.4 cm³/mol. The van der Waals surface area contributed by atoms with E-state index < -0.39 is 0 Å². The van der Waals surface area contributed by atoms with E-state index in [1.165, 1.54) is 12.8 Å². The molecule has 5 heteroatoms. The molecule has 1 unspecified atom stereocenters. The fraction of sp³-hybridized carbons (Fsp3) is 0.667. The number of likely N-dealkylation sites (N-methyl/N-ethyl adjacent to an activating group) is 1. The average Bonchev–Trinajstić information content (AvgIpc) is 2.63. The summed E-state index contributed by atoms with van der Waals surface area (Å²) >= 11 is 3.44. The molecular weight excluding hydrogens is 280 g/mol. The summed E-state index contributed by atoms with van der Waals surface area (Å²) < 4.78 is 0.871. The van der Waals surface area contributed by atoms with Crippen LogP contribution in [-0.2, 0) is 0 Å². The van der Waals surface area contributed by atoms with Crippen molar-refractivity contribution >= 4 is 21.7 Å². The molecule has 0 radical (unpaired) electrons. The highest BCUT2D eigenvalue weighted by molar-refractivity contribution is 9.10. The van der Waals surface area contributed by atoms with Gasteiger partial charge in [0.15, 0.2) is 0 Å². The number of aryl methyl sites for hydroxylation is 1. The van der Waals surface area contributed by atoms with E-state index in [9.17, 15) is 0 Å². The molecule has 0 bridgehead atoms. The smallest absolute Gasteiger partial charge is 0.133 e. The minimum Gasteiger partial charge on any atom is -0.352 e. The van der Waals surface area contributed by atoms with E-state index in [0.717, 1.165) is 29.3 Å². The summed E-state index contributed by atoms with van der Waals surface area (Å²) in [5.74, 6) is 1.87. The SMILES string of the molecule is Cc1nc(Br)cc(N2CCCC2CN(C)C)n1. The third-order valence-corrected chi connectivity index (χ3v) is 3.45. The van der Waals surface area contributed by atoms with Crippen molar-refractivity contribution in [2.45, 2.75) is 25.8 Å². The lowest BCUT2D eigenvalue weighted by Gasteiger charge is -2.28. The summed E-state index contributed by atoms with van der Waals surface area (Å²) in [7, 11) is 4.25. The standard InChI is InChI=1S/C12H19BrN4/c1-9-14-11(13)7-12(15-9)17-6-4-5-10(17)8-16(2)3/h7,10H,4-6,8H2,1-3H3. The molecule has 1 saturated heterocycles. The number of hydrogen-bond acceptors (Lipinski definition) is 4. The van der Waals surface area contributed by atoms with Crippen LogP contribution in [0.25, 0.3) is 0 Å². The Morgan fingerprint density at radius 2 is 2.24 bits per heavy atom. The van der Waals surface area contributed by atoms with Crippen molar-refractivity contribution in [3.63, 3.8) is 0 Å². The zero-order valence-corrected chi connectivity index (χ0v) is 12.2. The van der Waals surface area contributed by atoms with Gasteiger partial charge < -0.3 is 9.80 Å². The Kier molecular flexibility index (Phi) is 3.99. The fourth-order valence-corrected chi connectivity index (χ4v) is 2.87. The Morgan fingerprint density at radius 3 is 2.88 bits per heavy atom. The van der Waals surface area contributed by atoms with Crippen LogP contribution in [0.3, 0.4) is 0 Å². The quantitative estimate of drug-likeness (QED) is 0.800. The minimum absolute atomic E-state index is 0.575. The summed E-state index contributed by atoms with van der Waals surface area (Å²) in [5, 5.41) is 0. The molecule has 1 aromatic rings. The lowest BCUT2D eigenvalue weighted by atomic mass is 10.2. The molecule has 1 atom stereocenters.